The summed E-state index contributed by atoms with van der Waals surface area (Å²) in [5.41, 5.74) is 3.33. The lowest BCUT2D eigenvalue weighted by molar-refractivity contribution is -0.117. The van der Waals surface area contributed by atoms with Crippen LogP contribution in [0.4, 0.5) is 16.2 Å². The Morgan fingerprint density at radius 1 is 0.875 bits per heavy atom. The van der Waals surface area contributed by atoms with Gasteiger partial charge in [0.15, 0.2) is 0 Å². The number of ether oxygens (including phenoxy) is 1. The molecular formula is C32H32N4O4. The first-order valence-electron chi connectivity index (χ1n) is 13.3. The molecule has 0 saturated heterocycles. The van der Waals surface area contributed by atoms with Crippen molar-refractivity contribution in [2.24, 2.45) is 5.92 Å². The number of fused-ring (bicyclic) bond motifs is 1. The number of aromatic nitrogens is 1. The number of carbonyl (C=O) groups excluding carboxylic acids is 3. The molecule has 1 aliphatic rings. The first-order chi connectivity index (χ1) is 19.1. The molecule has 2 atom stereocenters. The number of hydrogen-bond donors (Lipinski definition) is 3. The van der Waals surface area contributed by atoms with Gasteiger partial charge in [0.2, 0.25) is 5.91 Å². The number of anilines is 2. The van der Waals surface area contributed by atoms with Gasteiger partial charge < -0.3 is 20.7 Å². The summed E-state index contributed by atoms with van der Waals surface area (Å²) in [6.07, 6.45) is 3.84. The summed E-state index contributed by atoms with van der Waals surface area (Å²) in [7, 11) is 0. The van der Waals surface area contributed by atoms with E-state index in [4.69, 9.17) is 4.74 Å². The molecule has 3 N–H and O–H groups in total. The van der Waals surface area contributed by atoms with Crippen molar-refractivity contribution in [2.45, 2.75) is 45.3 Å². The average Bonchev–Trinajstić information content (AvgIpc) is 3.73. The number of carbonyl (C=O) groups is 3. The van der Waals surface area contributed by atoms with Crippen LogP contribution >= 0.6 is 0 Å². The maximum absolute atomic E-state index is 12.8. The Hall–Kier alpha value is -4.72. The van der Waals surface area contributed by atoms with Crippen molar-refractivity contribution in [3.63, 3.8) is 0 Å². The highest BCUT2D eigenvalue weighted by atomic mass is 16.6. The van der Waals surface area contributed by atoms with E-state index in [0.29, 0.717) is 17.8 Å². The molecule has 5 rings (SSSR count). The molecule has 40 heavy (non-hydrogen) atoms. The summed E-state index contributed by atoms with van der Waals surface area (Å²) in [4.78, 5) is 41.5. The largest absolute Gasteiger partial charge is 0.444 e. The van der Waals surface area contributed by atoms with Gasteiger partial charge in [0.05, 0.1) is 0 Å². The smallest absolute Gasteiger partial charge is 0.407 e. The maximum Gasteiger partial charge on any atom is 0.407 e. The van der Waals surface area contributed by atoms with Gasteiger partial charge in [0.25, 0.3) is 5.91 Å². The number of hydrogen-bond acceptors (Lipinski definition) is 5. The molecule has 0 aliphatic heterocycles. The minimum absolute atomic E-state index is 0.00460. The van der Waals surface area contributed by atoms with Crippen molar-refractivity contribution >= 4 is 40.1 Å². The van der Waals surface area contributed by atoms with Crippen molar-refractivity contribution in [3.05, 3.63) is 102 Å². The van der Waals surface area contributed by atoms with Crippen molar-refractivity contribution in [3.8, 4) is 0 Å². The lowest BCUT2D eigenvalue weighted by Crippen LogP contribution is -2.32. The fourth-order valence-electron chi connectivity index (χ4n) is 4.53. The van der Waals surface area contributed by atoms with Crippen LogP contribution < -0.4 is 16.0 Å². The SMILES string of the molecule is CC(C)(C)OC(=O)NCc1ccc(NC(=O)c2ccc([C@@H]3C[C@H]3C(=O)Nc3ccc4cnccc4c3)cc2)cc1. The molecule has 0 unspecified atom stereocenters. The van der Waals surface area contributed by atoms with E-state index in [1.807, 2.05) is 69.3 Å². The fraction of sp³-hybridized carbons (Fsp3) is 0.250. The van der Waals surface area contributed by atoms with Crippen LogP contribution in [0.5, 0.6) is 0 Å². The first-order valence-corrected chi connectivity index (χ1v) is 13.3. The van der Waals surface area contributed by atoms with Gasteiger partial charge in [-0.2, -0.15) is 0 Å². The van der Waals surface area contributed by atoms with Gasteiger partial charge in [0, 0.05) is 47.2 Å². The zero-order valence-corrected chi connectivity index (χ0v) is 22.7. The molecule has 8 heteroatoms. The van der Waals surface area contributed by atoms with Gasteiger partial charge in [-0.1, -0.05) is 30.3 Å². The van der Waals surface area contributed by atoms with Gasteiger partial charge in [-0.05, 0) is 92.1 Å². The van der Waals surface area contributed by atoms with Gasteiger partial charge >= 0.3 is 6.09 Å². The third kappa shape index (κ3) is 6.83. The number of pyridine rings is 1. The minimum atomic E-state index is -0.553. The van der Waals surface area contributed by atoms with Crippen LogP contribution in [0, 0.1) is 5.92 Å². The standard InChI is InChI=1S/C32H32N4O4/c1-32(2,3)40-31(39)34-18-20-4-11-25(12-5-20)35-29(37)22-8-6-21(7-9-22)27-17-28(27)30(38)36-26-13-10-24-19-33-15-14-23(24)16-26/h4-16,19,27-28H,17-18H2,1-3H3,(H,34,39)(H,35,37)(H,36,38)/t27-,28+/m0/s1. The van der Waals surface area contributed by atoms with Crippen LogP contribution in [-0.4, -0.2) is 28.5 Å². The molecular weight excluding hydrogens is 504 g/mol. The van der Waals surface area contributed by atoms with Crippen LogP contribution in [0.15, 0.2) is 85.2 Å². The van der Waals surface area contributed by atoms with E-state index in [2.05, 4.69) is 20.9 Å². The Kier molecular flexibility index (Phi) is 7.51. The number of amides is 3. The molecule has 1 heterocycles. The van der Waals surface area contributed by atoms with Crippen molar-refractivity contribution in [2.75, 3.05) is 10.6 Å². The monoisotopic (exact) mass is 536 g/mol. The average molecular weight is 537 g/mol. The summed E-state index contributed by atoms with van der Waals surface area (Å²) >= 11 is 0. The predicted molar refractivity (Wildman–Crippen MR) is 155 cm³/mol. The minimum Gasteiger partial charge on any atom is -0.444 e. The van der Waals surface area contributed by atoms with Crippen molar-refractivity contribution in [1.82, 2.24) is 10.3 Å². The molecule has 3 amide bonds. The van der Waals surface area contributed by atoms with Crippen LogP contribution in [-0.2, 0) is 16.1 Å². The summed E-state index contributed by atoms with van der Waals surface area (Å²) in [6.45, 7) is 5.76. The summed E-state index contributed by atoms with van der Waals surface area (Å²) < 4.78 is 5.24. The molecule has 1 aromatic heterocycles. The van der Waals surface area contributed by atoms with E-state index in [-0.39, 0.29) is 23.7 Å². The Bertz CT molecular complexity index is 1540. The number of alkyl carbamates (subject to hydrolysis) is 1. The highest BCUT2D eigenvalue weighted by Gasteiger charge is 2.43. The zero-order valence-electron chi connectivity index (χ0n) is 22.7. The van der Waals surface area contributed by atoms with E-state index < -0.39 is 11.7 Å². The fourth-order valence-corrected chi connectivity index (χ4v) is 4.53. The lowest BCUT2D eigenvalue weighted by Gasteiger charge is -2.19. The Labute approximate surface area is 233 Å². The molecule has 1 aliphatic carbocycles. The summed E-state index contributed by atoms with van der Waals surface area (Å²) in [6, 6.07) is 22.4. The Morgan fingerprint density at radius 2 is 1.60 bits per heavy atom. The summed E-state index contributed by atoms with van der Waals surface area (Å²) in [5.74, 6) is -0.160. The van der Waals surface area contributed by atoms with Gasteiger partial charge in [0.1, 0.15) is 5.60 Å². The first kappa shape index (κ1) is 26.9. The second kappa shape index (κ2) is 11.2. The molecule has 204 valence electrons. The third-order valence-corrected chi connectivity index (χ3v) is 6.68. The molecule has 4 aromatic rings. The highest BCUT2D eigenvalue weighted by Crippen LogP contribution is 2.48. The number of benzene rings is 3. The maximum atomic E-state index is 12.8. The van der Waals surface area contributed by atoms with Crippen LogP contribution in [0.2, 0.25) is 0 Å². The van der Waals surface area contributed by atoms with Crippen molar-refractivity contribution in [1.29, 1.82) is 0 Å². The topological polar surface area (TPSA) is 109 Å². The quantitative estimate of drug-likeness (QED) is 0.259. The molecule has 1 saturated carbocycles. The molecule has 0 spiro atoms. The van der Waals surface area contributed by atoms with Crippen molar-refractivity contribution < 1.29 is 19.1 Å². The van der Waals surface area contributed by atoms with E-state index in [1.54, 1.807) is 36.7 Å². The lowest BCUT2D eigenvalue weighted by atomic mass is 10.1. The molecule has 8 nitrogen and oxygen atoms in total. The predicted octanol–water partition coefficient (Wildman–Crippen LogP) is 6.25. The Morgan fingerprint density at radius 3 is 2.33 bits per heavy atom. The number of nitrogens with zero attached hydrogens (tertiary/aromatic N) is 1. The van der Waals surface area contributed by atoms with Crippen LogP contribution in [0.25, 0.3) is 10.8 Å². The summed E-state index contributed by atoms with van der Waals surface area (Å²) in [5, 5.41) is 10.7. The van der Waals surface area contributed by atoms with Crippen LogP contribution in [0.3, 0.4) is 0 Å². The number of nitrogens with one attached hydrogen (secondary N) is 3. The molecule has 1 fully saturated rings. The van der Waals surface area contributed by atoms with Gasteiger partial charge in [-0.3, -0.25) is 14.6 Å². The normalized spacial score (nSPS) is 16.2. The van der Waals surface area contributed by atoms with E-state index in [9.17, 15) is 14.4 Å². The van der Waals surface area contributed by atoms with Gasteiger partial charge in [-0.15, -0.1) is 0 Å². The van der Waals surface area contributed by atoms with E-state index in [0.717, 1.165) is 34.0 Å². The van der Waals surface area contributed by atoms with Gasteiger partial charge in [-0.25, -0.2) is 4.79 Å². The van der Waals surface area contributed by atoms with E-state index in [1.165, 1.54) is 0 Å². The van der Waals surface area contributed by atoms with Crippen LogP contribution in [0.1, 0.15) is 54.6 Å². The molecule has 3 aromatic carbocycles. The second-order valence-corrected chi connectivity index (χ2v) is 11.0. The molecule has 0 radical (unpaired) electrons. The van der Waals surface area contributed by atoms with E-state index >= 15 is 0 Å². The highest BCUT2D eigenvalue weighted by molar-refractivity contribution is 6.04. The molecule has 0 bridgehead atoms. The second-order valence-electron chi connectivity index (χ2n) is 11.0. The third-order valence-electron chi connectivity index (χ3n) is 6.68. The zero-order chi connectivity index (χ0) is 28.3. The number of rotatable bonds is 7. The Balaban J connectivity index is 1.11.